The Morgan fingerprint density at radius 1 is 1.12 bits per heavy atom. The standard InChI is InChI=1S/C14H16N2O/c15-9-13(12-5-2-1-3-6-12)11-17-14-7-4-8-16-10-14/h1-8,10,13H,9,11,15H2. The molecule has 0 aliphatic rings. The van der Waals surface area contributed by atoms with Gasteiger partial charge >= 0.3 is 0 Å². The van der Waals surface area contributed by atoms with Gasteiger partial charge in [-0.1, -0.05) is 30.3 Å². The first-order valence-corrected chi connectivity index (χ1v) is 5.68. The van der Waals surface area contributed by atoms with E-state index in [-0.39, 0.29) is 5.92 Å². The Morgan fingerprint density at radius 2 is 1.94 bits per heavy atom. The van der Waals surface area contributed by atoms with Crippen LogP contribution in [0.15, 0.2) is 54.9 Å². The second-order valence-corrected chi connectivity index (χ2v) is 3.84. The molecule has 0 bridgehead atoms. The van der Waals surface area contributed by atoms with Gasteiger partial charge < -0.3 is 10.5 Å². The summed E-state index contributed by atoms with van der Waals surface area (Å²) in [6.07, 6.45) is 3.43. The van der Waals surface area contributed by atoms with Crippen molar-refractivity contribution in [3.05, 3.63) is 60.4 Å². The lowest BCUT2D eigenvalue weighted by molar-refractivity contribution is 0.289. The molecule has 0 radical (unpaired) electrons. The number of ether oxygens (including phenoxy) is 1. The van der Waals surface area contributed by atoms with Gasteiger partial charge in [-0.05, 0) is 17.7 Å². The van der Waals surface area contributed by atoms with Gasteiger partial charge in [-0.15, -0.1) is 0 Å². The molecule has 0 aliphatic heterocycles. The first-order chi connectivity index (χ1) is 8.40. The summed E-state index contributed by atoms with van der Waals surface area (Å²) in [5.41, 5.74) is 6.98. The minimum absolute atomic E-state index is 0.219. The van der Waals surface area contributed by atoms with E-state index in [0.29, 0.717) is 13.2 Å². The van der Waals surface area contributed by atoms with Gasteiger partial charge in [0.05, 0.1) is 12.8 Å². The SMILES string of the molecule is NCC(COc1cccnc1)c1ccccc1. The minimum Gasteiger partial charge on any atom is -0.491 e. The highest BCUT2D eigenvalue weighted by Gasteiger charge is 2.09. The number of pyridine rings is 1. The van der Waals surface area contributed by atoms with E-state index in [0.717, 1.165) is 5.75 Å². The Labute approximate surface area is 101 Å². The summed E-state index contributed by atoms with van der Waals surface area (Å²) in [6, 6.07) is 13.9. The lowest BCUT2D eigenvalue weighted by Gasteiger charge is -2.15. The lowest BCUT2D eigenvalue weighted by atomic mass is 10.0. The molecule has 1 aromatic carbocycles. The number of benzene rings is 1. The van der Waals surface area contributed by atoms with Crippen molar-refractivity contribution < 1.29 is 4.74 Å². The van der Waals surface area contributed by atoms with Gasteiger partial charge in [0.25, 0.3) is 0 Å². The molecule has 0 spiro atoms. The maximum Gasteiger partial charge on any atom is 0.137 e. The molecule has 1 atom stereocenters. The average Bonchev–Trinajstić information content (AvgIpc) is 2.42. The number of hydrogen-bond acceptors (Lipinski definition) is 3. The van der Waals surface area contributed by atoms with E-state index < -0.39 is 0 Å². The zero-order valence-electron chi connectivity index (χ0n) is 9.62. The molecule has 3 nitrogen and oxygen atoms in total. The molecule has 0 aliphatic carbocycles. The zero-order valence-corrected chi connectivity index (χ0v) is 9.62. The Balaban J connectivity index is 1.97. The van der Waals surface area contributed by atoms with Crippen LogP contribution in [0.2, 0.25) is 0 Å². The number of nitrogens with two attached hydrogens (primary N) is 1. The fraction of sp³-hybridized carbons (Fsp3) is 0.214. The van der Waals surface area contributed by atoms with Crippen LogP contribution in [0.5, 0.6) is 5.75 Å². The molecule has 3 heteroatoms. The van der Waals surface area contributed by atoms with Gasteiger partial charge in [0.2, 0.25) is 0 Å². The third kappa shape index (κ3) is 3.29. The molecule has 0 fully saturated rings. The van der Waals surface area contributed by atoms with Gasteiger partial charge in [-0.2, -0.15) is 0 Å². The molecule has 2 rings (SSSR count). The minimum atomic E-state index is 0.219. The predicted octanol–water partition coefficient (Wildman–Crippen LogP) is 2.20. The molecule has 0 amide bonds. The van der Waals surface area contributed by atoms with Crippen molar-refractivity contribution >= 4 is 0 Å². The highest BCUT2D eigenvalue weighted by atomic mass is 16.5. The van der Waals surface area contributed by atoms with Crippen LogP contribution in [-0.4, -0.2) is 18.1 Å². The number of aromatic nitrogens is 1. The quantitative estimate of drug-likeness (QED) is 0.853. The van der Waals surface area contributed by atoms with Crippen molar-refractivity contribution in [2.24, 2.45) is 5.73 Å². The van der Waals surface area contributed by atoms with Crippen molar-refractivity contribution in [1.29, 1.82) is 0 Å². The lowest BCUT2D eigenvalue weighted by Crippen LogP contribution is -2.19. The topological polar surface area (TPSA) is 48.1 Å². The van der Waals surface area contributed by atoms with E-state index in [1.807, 2.05) is 30.3 Å². The summed E-state index contributed by atoms with van der Waals surface area (Å²) >= 11 is 0. The molecule has 0 saturated carbocycles. The van der Waals surface area contributed by atoms with Crippen LogP contribution in [0.4, 0.5) is 0 Å². The van der Waals surface area contributed by atoms with E-state index in [1.165, 1.54) is 5.56 Å². The smallest absolute Gasteiger partial charge is 0.137 e. The predicted molar refractivity (Wildman–Crippen MR) is 68.0 cm³/mol. The van der Waals surface area contributed by atoms with Crippen molar-refractivity contribution in [2.45, 2.75) is 5.92 Å². The molecule has 88 valence electrons. The van der Waals surface area contributed by atoms with Crippen molar-refractivity contribution in [1.82, 2.24) is 4.98 Å². The summed E-state index contributed by atoms with van der Waals surface area (Å²) in [6.45, 7) is 1.15. The monoisotopic (exact) mass is 228 g/mol. The van der Waals surface area contributed by atoms with Crippen LogP contribution in [0.25, 0.3) is 0 Å². The van der Waals surface area contributed by atoms with Crippen molar-refractivity contribution in [3.8, 4) is 5.75 Å². The summed E-state index contributed by atoms with van der Waals surface area (Å²) in [7, 11) is 0. The first kappa shape index (κ1) is 11.6. The van der Waals surface area contributed by atoms with Crippen LogP contribution >= 0.6 is 0 Å². The summed E-state index contributed by atoms with van der Waals surface area (Å²) in [5, 5.41) is 0. The van der Waals surface area contributed by atoms with E-state index in [1.54, 1.807) is 12.4 Å². The van der Waals surface area contributed by atoms with Crippen LogP contribution < -0.4 is 10.5 Å². The summed E-state index contributed by atoms with van der Waals surface area (Å²) < 4.78 is 5.67. The van der Waals surface area contributed by atoms with E-state index >= 15 is 0 Å². The molecule has 17 heavy (non-hydrogen) atoms. The van der Waals surface area contributed by atoms with Crippen LogP contribution in [0, 0.1) is 0 Å². The van der Waals surface area contributed by atoms with Gasteiger partial charge in [-0.3, -0.25) is 4.98 Å². The second-order valence-electron chi connectivity index (χ2n) is 3.84. The Kier molecular flexibility index (Phi) is 4.11. The van der Waals surface area contributed by atoms with Crippen molar-refractivity contribution in [3.63, 3.8) is 0 Å². The molecule has 2 aromatic rings. The maximum atomic E-state index is 5.77. The highest BCUT2D eigenvalue weighted by Crippen LogP contribution is 2.16. The van der Waals surface area contributed by atoms with E-state index in [2.05, 4.69) is 17.1 Å². The van der Waals surface area contributed by atoms with Gasteiger partial charge in [0, 0.05) is 18.7 Å². The summed E-state index contributed by atoms with van der Waals surface area (Å²) in [5.74, 6) is 0.998. The Bertz CT molecular complexity index is 430. The first-order valence-electron chi connectivity index (χ1n) is 5.68. The number of hydrogen-bond donors (Lipinski definition) is 1. The van der Waals surface area contributed by atoms with E-state index in [9.17, 15) is 0 Å². The highest BCUT2D eigenvalue weighted by molar-refractivity contribution is 5.21. The van der Waals surface area contributed by atoms with Gasteiger partial charge in [0.15, 0.2) is 0 Å². The van der Waals surface area contributed by atoms with Crippen LogP contribution in [0.3, 0.4) is 0 Å². The summed E-state index contributed by atoms with van der Waals surface area (Å²) in [4.78, 5) is 4.00. The number of rotatable bonds is 5. The molecule has 1 unspecified atom stereocenters. The molecule has 0 saturated heterocycles. The van der Waals surface area contributed by atoms with Crippen molar-refractivity contribution in [2.75, 3.05) is 13.2 Å². The van der Waals surface area contributed by atoms with E-state index in [4.69, 9.17) is 10.5 Å². The fourth-order valence-corrected chi connectivity index (χ4v) is 1.65. The maximum absolute atomic E-state index is 5.77. The molecule has 1 aromatic heterocycles. The second kappa shape index (κ2) is 6.01. The number of nitrogens with zero attached hydrogens (tertiary/aromatic N) is 1. The van der Waals surface area contributed by atoms with Crippen LogP contribution in [-0.2, 0) is 0 Å². The molecular weight excluding hydrogens is 212 g/mol. The van der Waals surface area contributed by atoms with Crippen LogP contribution in [0.1, 0.15) is 11.5 Å². The third-order valence-electron chi connectivity index (χ3n) is 2.64. The molecular formula is C14H16N2O. The largest absolute Gasteiger partial charge is 0.491 e. The zero-order chi connectivity index (χ0) is 11.9. The molecule has 1 heterocycles. The fourth-order valence-electron chi connectivity index (χ4n) is 1.65. The average molecular weight is 228 g/mol. The molecule has 2 N–H and O–H groups in total. The van der Waals surface area contributed by atoms with Gasteiger partial charge in [0.1, 0.15) is 5.75 Å². The Morgan fingerprint density at radius 3 is 2.59 bits per heavy atom. The Hall–Kier alpha value is -1.87. The normalized spacial score (nSPS) is 12.1. The van der Waals surface area contributed by atoms with Gasteiger partial charge in [-0.25, -0.2) is 0 Å². The third-order valence-corrected chi connectivity index (χ3v) is 2.64.